The normalized spacial score (nSPS) is 11.7. The van der Waals surface area contributed by atoms with Crippen molar-refractivity contribution in [1.29, 1.82) is 0 Å². The molecule has 2 amide bonds. The van der Waals surface area contributed by atoms with Crippen molar-refractivity contribution in [3.8, 4) is 5.69 Å². The number of para-hydroxylation sites is 1. The van der Waals surface area contributed by atoms with Gasteiger partial charge < -0.3 is 5.32 Å². The Bertz CT molecular complexity index is 1700. The first-order valence-electron chi connectivity index (χ1n) is 11.3. The topological polar surface area (TPSA) is 122 Å². The van der Waals surface area contributed by atoms with E-state index in [9.17, 15) is 24.4 Å². The number of halogens is 2. The zero-order valence-electron chi connectivity index (χ0n) is 20.1. The minimum Gasteiger partial charge on any atom is -0.340 e. The molecule has 0 saturated carbocycles. The predicted molar refractivity (Wildman–Crippen MR) is 154 cm³/mol. The molecule has 0 aliphatic heterocycles. The summed E-state index contributed by atoms with van der Waals surface area (Å²) >= 11 is 8.24. The highest BCUT2D eigenvalue weighted by Crippen LogP contribution is 2.28. The Morgan fingerprint density at radius 1 is 1.05 bits per heavy atom. The van der Waals surface area contributed by atoms with Crippen LogP contribution in [0.3, 0.4) is 0 Å². The van der Waals surface area contributed by atoms with Gasteiger partial charge in [0.25, 0.3) is 17.4 Å². The molecule has 0 spiro atoms. The van der Waals surface area contributed by atoms with Gasteiger partial charge in [-0.1, -0.05) is 54.6 Å². The Labute approximate surface area is 235 Å². The van der Waals surface area contributed by atoms with E-state index in [0.29, 0.717) is 31.3 Å². The second-order valence-corrected chi connectivity index (χ2v) is 10.1. The van der Waals surface area contributed by atoms with E-state index in [4.69, 9.17) is 11.6 Å². The van der Waals surface area contributed by atoms with E-state index in [0.717, 1.165) is 4.57 Å². The van der Waals surface area contributed by atoms with Gasteiger partial charge in [0.15, 0.2) is 0 Å². The van der Waals surface area contributed by atoms with Gasteiger partial charge in [-0.05, 0) is 58.5 Å². The summed E-state index contributed by atoms with van der Waals surface area (Å²) < 4.78 is 3.06. The first-order valence-corrected chi connectivity index (χ1v) is 12.8. The van der Waals surface area contributed by atoms with Crippen molar-refractivity contribution in [1.82, 2.24) is 19.9 Å². The molecule has 0 bridgehead atoms. The number of aryl methyl sites for hydroxylation is 1. The molecule has 0 aliphatic carbocycles. The Balaban J connectivity index is 1.64. The summed E-state index contributed by atoms with van der Waals surface area (Å²) in [6.07, 6.45) is 0.00795. The molecule has 1 aromatic heterocycles. The van der Waals surface area contributed by atoms with Gasteiger partial charge in [-0.3, -0.25) is 24.2 Å². The summed E-state index contributed by atoms with van der Waals surface area (Å²) in [5.74, 6) is -1.44. The third kappa shape index (κ3) is 5.28. The maximum absolute atomic E-state index is 13.1. The molecular formula is C27H22ClIN4O5. The van der Waals surface area contributed by atoms with E-state index in [1.54, 1.807) is 79.3 Å². The van der Waals surface area contributed by atoms with E-state index >= 15 is 0 Å². The molecule has 4 rings (SSSR count). The summed E-state index contributed by atoms with van der Waals surface area (Å²) in [7, 11) is 1.59. The zero-order chi connectivity index (χ0) is 27.6. The minimum atomic E-state index is -1.15. The van der Waals surface area contributed by atoms with Gasteiger partial charge in [0.05, 0.1) is 27.2 Å². The highest BCUT2D eigenvalue weighted by Gasteiger charge is 2.25. The van der Waals surface area contributed by atoms with Crippen molar-refractivity contribution in [3.05, 3.63) is 116 Å². The number of hydrogen-bond acceptors (Lipinski definition) is 5. The second kappa shape index (κ2) is 11.3. The van der Waals surface area contributed by atoms with Crippen LogP contribution in [0.1, 0.15) is 21.5 Å². The standard InChI is InChI=1S/C27H22ClIN4O5/c1-15(29)18-7-5-8-20(28)23(18)25(35)30-21(24(34)31-38)14-16-10-12-17(13-11-16)33-26(36)19-6-3-4-9-22(19)32(2)27(33)37/h3-13,21,38H,1,14H2,2H3,(H,30,35)(H,31,34)/t21-/m0/s1. The van der Waals surface area contributed by atoms with Crippen LogP contribution in [0.5, 0.6) is 0 Å². The number of hydroxylamine groups is 1. The number of rotatable bonds is 7. The van der Waals surface area contributed by atoms with Gasteiger partial charge in [0.2, 0.25) is 0 Å². The quantitative estimate of drug-likeness (QED) is 0.161. The summed E-state index contributed by atoms with van der Waals surface area (Å²) in [5, 5.41) is 12.5. The lowest BCUT2D eigenvalue weighted by Gasteiger charge is -2.19. The zero-order valence-corrected chi connectivity index (χ0v) is 23.0. The molecule has 0 aliphatic rings. The van der Waals surface area contributed by atoms with Crippen LogP contribution < -0.4 is 22.0 Å². The van der Waals surface area contributed by atoms with Gasteiger partial charge in [-0.2, -0.15) is 0 Å². The molecule has 3 N–H and O–H groups in total. The first-order chi connectivity index (χ1) is 18.1. The number of carbonyl (C=O) groups excluding carboxylic acids is 2. The highest BCUT2D eigenvalue weighted by molar-refractivity contribution is 14.1. The van der Waals surface area contributed by atoms with Crippen LogP contribution >= 0.6 is 34.2 Å². The van der Waals surface area contributed by atoms with E-state index in [2.05, 4.69) is 11.9 Å². The fourth-order valence-corrected chi connectivity index (χ4v) is 4.86. The van der Waals surface area contributed by atoms with Gasteiger partial charge in [0, 0.05) is 22.6 Å². The summed E-state index contributed by atoms with van der Waals surface area (Å²) in [6.45, 7) is 3.86. The van der Waals surface area contributed by atoms with E-state index in [1.165, 1.54) is 4.57 Å². The van der Waals surface area contributed by atoms with Gasteiger partial charge in [-0.25, -0.2) is 14.8 Å². The summed E-state index contributed by atoms with van der Waals surface area (Å²) in [5.41, 5.74) is 2.77. The van der Waals surface area contributed by atoms with Crippen LogP contribution in [0, 0.1) is 0 Å². The summed E-state index contributed by atoms with van der Waals surface area (Å²) in [6, 6.07) is 17.0. The Morgan fingerprint density at radius 2 is 1.74 bits per heavy atom. The van der Waals surface area contributed by atoms with Crippen LogP contribution in [-0.4, -0.2) is 32.2 Å². The number of fused-ring (bicyclic) bond motifs is 1. The fourth-order valence-electron chi connectivity index (χ4n) is 4.15. The molecule has 3 aromatic carbocycles. The minimum absolute atomic E-state index is 0.00795. The smallest absolute Gasteiger partial charge is 0.335 e. The number of aromatic nitrogens is 2. The molecule has 0 saturated heterocycles. The molecule has 9 nitrogen and oxygen atoms in total. The van der Waals surface area contributed by atoms with Crippen molar-refractivity contribution in [3.63, 3.8) is 0 Å². The number of benzene rings is 3. The lowest BCUT2D eigenvalue weighted by molar-refractivity contribution is -0.131. The molecule has 194 valence electrons. The van der Waals surface area contributed by atoms with Crippen molar-refractivity contribution in [2.75, 3.05) is 0 Å². The maximum atomic E-state index is 13.1. The number of hydrogen-bond donors (Lipinski definition) is 3. The van der Waals surface area contributed by atoms with Gasteiger partial charge >= 0.3 is 5.69 Å². The fraction of sp³-hybridized carbons (Fsp3) is 0.111. The molecular weight excluding hydrogens is 623 g/mol. The average Bonchev–Trinajstić information content (AvgIpc) is 2.91. The highest BCUT2D eigenvalue weighted by atomic mass is 127. The third-order valence-corrected chi connectivity index (χ3v) is 6.97. The molecule has 38 heavy (non-hydrogen) atoms. The lowest BCUT2D eigenvalue weighted by atomic mass is 10.0. The van der Waals surface area contributed by atoms with Crippen LogP contribution in [-0.2, 0) is 18.3 Å². The molecule has 0 unspecified atom stereocenters. The molecule has 4 aromatic rings. The molecule has 0 radical (unpaired) electrons. The Kier molecular flexibility index (Phi) is 8.14. The van der Waals surface area contributed by atoms with E-state index < -0.39 is 29.1 Å². The SMILES string of the molecule is C=C(I)c1cccc(Cl)c1C(=O)N[C@@H](Cc1ccc(-n2c(=O)c3ccccc3n(C)c2=O)cc1)C(=O)NO. The van der Waals surface area contributed by atoms with Crippen molar-refractivity contribution < 1.29 is 14.8 Å². The lowest BCUT2D eigenvalue weighted by Crippen LogP contribution is -2.47. The number of nitrogens with one attached hydrogen (secondary N) is 2. The third-order valence-electron chi connectivity index (χ3n) is 6.08. The van der Waals surface area contributed by atoms with Crippen LogP contribution in [0.4, 0.5) is 0 Å². The molecule has 11 heteroatoms. The van der Waals surface area contributed by atoms with E-state index in [-0.39, 0.29) is 17.0 Å². The van der Waals surface area contributed by atoms with Gasteiger partial charge in [-0.15, -0.1) is 0 Å². The summed E-state index contributed by atoms with van der Waals surface area (Å²) in [4.78, 5) is 51.5. The number of carbonyl (C=O) groups is 2. The maximum Gasteiger partial charge on any atom is 0.335 e. The monoisotopic (exact) mass is 644 g/mol. The first kappa shape index (κ1) is 27.3. The van der Waals surface area contributed by atoms with Crippen LogP contribution in [0.2, 0.25) is 5.02 Å². The second-order valence-electron chi connectivity index (χ2n) is 8.44. The van der Waals surface area contributed by atoms with Crippen LogP contribution in [0.25, 0.3) is 20.2 Å². The Hall–Kier alpha value is -3.74. The predicted octanol–water partition coefficient (Wildman–Crippen LogP) is 3.60. The van der Waals surface area contributed by atoms with Crippen LogP contribution in [0.15, 0.2) is 82.9 Å². The van der Waals surface area contributed by atoms with Crippen molar-refractivity contribution >= 4 is 60.5 Å². The Morgan fingerprint density at radius 3 is 2.39 bits per heavy atom. The molecule has 1 atom stereocenters. The largest absolute Gasteiger partial charge is 0.340 e. The molecule has 0 fully saturated rings. The van der Waals surface area contributed by atoms with Crippen molar-refractivity contribution in [2.24, 2.45) is 7.05 Å². The molecule has 1 heterocycles. The van der Waals surface area contributed by atoms with Crippen molar-refractivity contribution in [2.45, 2.75) is 12.5 Å². The average molecular weight is 645 g/mol. The number of nitrogens with zero attached hydrogens (tertiary/aromatic N) is 2. The number of amides is 2. The van der Waals surface area contributed by atoms with Gasteiger partial charge in [0.1, 0.15) is 6.04 Å². The van der Waals surface area contributed by atoms with E-state index in [1.807, 2.05) is 22.6 Å².